The molecule has 1 N–H and O–H groups in total. The molecular weight excluding hydrogens is 218 g/mol. The van der Waals surface area contributed by atoms with E-state index in [0.717, 1.165) is 19.6 Å². The highest BCUT2D eigenvalue weighted by atomic mass is 32.2. The molecule has 0 aliphatic carbocycles. The summed E-state index contributed by atoms with van der Waals surface area (Å²) in [6.07, 6.45) is 8.72. The first-order chi connectivity index (χ1) is 7.81. The molecule has 1 saturated heterocycles. The Morgan fingerprint density at radius 2 is 2.31 bits per heavy atom. The molecule has 0 spiro atoms. The van der Waals surface area contributed by atoms with Crippen LogP contribution in [-0.4, -0.2) is 34.1 Å². The van der Waals surface area contributed by atoms with Gasteiger partial charge in [0.1, 0.15) is 0 Å². The van der Waals surface area contributed by atoms with Crippen molar-refractivity contribution in [1.29, 1.82) is 0 Å². The van der Waals surface area contributed by atoms with Gasteiger partial charge in [-0.25, -0.2) is 4.98 Å². The third-order valence-electron chi connectivity index (χ3n) is 3.36. The van der Waals surface area contributed by atoms with Crippen LogP contribution >= 0.6 is 11.8 Å². The summed E-state index contributed by atoms with van der Waals surface area (Å²) in [5.74, 6) is 0.706. The molecule has 0 bridgehead atoms. The Morgan fingerprint density at radius 3 is 3.00 bits per heavy atom. The average molecular weight is 239 g/mol. The summed E-state index contributed by atoms with van der Waals surface area (Å²) in [4.78, 5) is 4.32. The van der Waals surface area contributed by atoms with Gasteiger partial charge in [0, 0.05) is 29.6 Å². The number of thioether (sulfide) groups is 1. The van der Waals surface area contributed by atoms with Crippen molar-refractivity contribution in [1.82, 2.24) is 14.9 Å². The average Bonchev–Trinajstić information content (AvgIpc) is 2.78. The van der Waals surface area contributed by atoms with Crippen molar-refractivity contribution in [3.8, 4) is 0 Å². The summed E-state index contributed by atoms with van der Waals surface area (Å²) in [5.41, 5.74) is 1.43. The number of rotatable bonds is 4. The Kier molecular flexibility index (Phi) is 4.29. The van der Waals surface area contributed by atoms with E-state index in [4.69, 9.17) is 0 Å². The lowest BCUT2D eigenvalue weighted by Gasteiger charge is -2.24. The fourth-order valence-corrected chi connectivity index (χ4v) is 2.60. The lowest BCUT2D eigenvalue weighted by Crippen LogP contribution is -2.28. The van der Waals surface area contributed by atoms with Crippen molar-refractivity contribution >= 4 is 11.8 Å². The van der Waals surface area contributed by atoms with E-state index in [0.29, 0.717) is 11.2 Å². The first kappa shape index (κ1) is 12.0. The normalized spacial score (nSPS) is 19.9. The minimum Gasteiger partial charge on any atom is -0.333 e. The van der Waals surface area contributed by atoms with E-state index in [9.17, 15) is 0 Å². The van der Waals surface area contributed by atoms with Gasteiger partial charge < -0.3 is 9.88 Å². The molecule has 3 nitrogen and oxygen atoms in total. The highest BCUT2D eigenvalue weighted by Gasteiger charge is 2.19. The van der Waals surface area contributed by atoms with Crippen LogP contribution in [0.5, 0.6) is 0 Å². The maximum Gasteiger partial charge on any atom is 0.0948 e. The smallest absolute Gasteiger partial charge is 0.0948 e. The molecule has 0 radical (unpaired) electrons. The Bertz CT molecular complexity index is 318. The molecule has 2 heterocycles. The molecule has 0 aromatic carbocycles. The van der Waals surface area contributed by atoms with E-state index in [1.54, 1.807) is 0 Å². The third-order valence-corrected chi connectivity index (χ3v) is 4.31. The number of nitrogens with zero attached hydrogens (tertiary/aromatic N) is 2. The van der Waals surface area contributed by atoms with Crippen LogP contribution in [-0.2, 0) is 6.54 Å². The molecule has 0 saturated carbocycles. The number of hydrogen-bond acceptors (Lipinski definition) is 3. The summed E-state index contributed by atoms with van der Waals surface area (Å²) in [5, 5.41) is 4.08. The van der Waals surface area contributed by atoms with Crippen LogP contribution in [0.15, 0.2) is 12.5 Å². The Morgan fingerprint density at radius 1 is 1.56 bits per heavy atom. The number of nitrogens with one attached hydrogen (secondary N) is 1. The van der Waals surface area contributed by atoms with Gasteiger partial charge in [0.25, 0.3) is 0 Å². The van der Waals surface area contributed by atoms with E-state index in [1.165, 1.54) is 18.5 Å². The van der Waals surface area contributed by atoms with Crippen molar-refractivity contribution in [2.75, 3.05) is 19.3 Å². The molecule has 1 atom stereocenters. The molecule has 1 aromatic heterocycles. The molecule has 16 heavy (non-hydrogen) atoms. The predicted octanol–water partition coefficient (Wildman–Crippen LogP) is 2.10. The number of imidazole rings is 1. The van der Waals surface area contributed by atoms with Gasteiger partial charge in [0.2, 0.25) is 0 Å². The van der Waals surface area contributed by atoms with Gasteiger partial charge in [-0.3, -0.25) is 0 Å². The van der Waals surface area contributed by atoms with Gasteiger partial charge in [-0.2, -0.15) is 11.8 Å². The summed E-state index contributed by atoms with van der Waals surface area (Å²) >= 11 is 1.92. The van der Waals surface area contributed by atoms with Gasteiger partial charge in [0.15, 0.2) is 0 Å². The fraction of sp³-hybridized carbons (Fsp3) is 0.750. The minimum atomic E-state index is 0.662. The standard InChI is InChI=1S/C12H21N3S/c1-10(16-2)8-15-9-14-7-12(15)11-3-5-13-6-4-11/h7,9-11,13H,3-6,8H2,1-2H3. The zero-order chi connectivity index (χ0) is 11.4. The van der Waals surface area contributed by atoms with E-state index in [-0.39, 0.29) is 0 Å². The van der Waals surface area contributed by atoms with Gasteiger partial charge >= 0.3 is 0 Å². The quantitative estimate of drug-likeness (QED) is 0.872. The Balaban J connectivity index is 2.05. The highest BCUT2D eigenvalue weighted by molar-refractivity contribution is 7.99. The second kappa shape index (κ2) is 5.73. The lowest BCUT2D eigenvalue weighted by atomic mass is 9.95. The van der Waals surface area contributed by atoms with Crippen molar-refractivity contribution in [2.24, 2.45) is 0 Å². The number of hydrogen-bond donors (Lipinski definition) is 1. The second-order valence-electron chi connectivity index (χ2n) is 4.54. The van der Waals surface area contributed by atoms with E-state index >= 15 is 0 Å². The summed E-state index contributed by atoms with van der Waals surface area (Å²) in [6.45, 7) is 5.65. The zero-order valence-corrected chi connectivity index (χ0v) is 11.0. The van der Waals surface area contributed by atoms with Crippen LogP contribution in [0.25, 0.3) is 0 Å². The van der Waals surface area contributed by atoms with Gasteiger partial charge in [-0.1, -0.05) is 6.92 Å². The monoisotopic (exact) mass is 239 g/mol. The summed E-state index contributed by atoms with van der Waals surface area (Å²) in [7, 11) is 0. The van der Waals surface area contributed by atoms with Crippen molar-refractivity contribution in [3.05, 3.63) is 18.2 Å². The molecule has 1 aliphatic rings. The van der Waals surface area contributed by atoms with E-state index < -0.39 is 0 Å². The second-order valence-corrected chi connectivity index (χ2v) is 5.82. The van der Waals surface area contributed by atoms with Crippen molar-refractivity contribution < 1.29 is 0 Å². The van der Waals surface area contributed by atoms with Gasteiger partial charge in [0.05, 0.1) is 6.33 Å². The number of piperidine rings is 1. The largest absolute Gasteiger partial charge is 0.333 e. The first-order valence-corrected chi connectivity index (χ1v) is 7.33. The van der Waals surface area contributed by atoms with Crippen LogP contribution in [0.2, 0.25) is 0 Å². The molecule has 1 aliphatic heterocycles. The van der Waals surface area contributed by atoms with Gasteiger partial charge in [-0.15, -0.1) is 0 Å². The van der Waals surface area contributed by atoms with Crippen molar-refractivity contribution in [2.45, 2.75) is 37.5 Å². The molecule has 1 unspecified atom stereocenters. The topological polar surface area (TPSA) is 29.9 Å². The van der Waals surface area contributed by atoms with E-state index in [1.807, 2.05) is 18.1 Å². The third kappa shape index (κ3) is 2.80. The van der Waals surface area contributed by atoms with E-state index in [2.05, 4.69) is 34.2 Å². The van der Waals surface area contributed by atoms with Crippen LogP contribution in [0.3, 0.4) is 0 Å². The maximum atomic E-state index is 4.32. The first-order valence-electron chi connectivity index (χ1n) is 6.04. The molecule has 0 amide bonds. The molecule has 1 fully saturated rings. The van der Waals surface area contributed by atoms with Gasteiger partial charge in [-0.05, 0) is 32.2 Å². The summed E-state index contributed by atoms with van der Waals surface area (Å²) in [6, 6.07) is 0. The predicted molar refractivity (Wildman–Crippen MR) is 70.0 cm³/mol. The Labute approximate surface area is 102 Å². The minimum absolute atomic E-state index is 0.662. The number of aromatic nitrogens is 2. The maximum absolute atomic E-state index is 4.32. The highest BCUT2D eigenvalue weighted by Crippen LogP contribution is 2.25. The molecule has 1 aromatic rings. The molecule has 90 valence electrons. The van der Waals surface area contributed by atoms with Crippen LogP contribution in [0.1, 0.15) is 31.4 Å². The fourth-order valence-electron chi connectivity index (χ4n) is 2.29. The molecule has 2 rings (SSSR count). The SMILES string of the molecule is CSC(C)Cn1cncc1C1CCNCC1. The lowest BCUT2D eigenvalue weighted by molar-refractivity contribution is 0.438. The van der Waals surface area contributed by atoms with Crippen LogP contribution < -0.4 is 5.32 Å². The Hall–Kier alpha value is -0.480. The zero-order valence-electron chi connectivity index (χ0n) is 10.1. The summed E-state index contributed by atoms with van der Waals surface area (Å²) < 4.78 is 2.34. The molecular formula is C12H21N3S. The van der Waals surface area contributed by atoms with Crippen LogP contribution in [0, 0.1) is 0 Å². The van der Waals surface area contributed by atoms with Crippen LogP contribution in [0.4, 0.5) is 0 Å². The molecule has 4 heteroatoms. The van der Waals surface area contributed by atoms with Crippen molar-refractivity contribution in [3.63, 3.8) is 0 Å².